The van der Waals surface area contributed by atoms with Crippen molar-refractivity contribution >= 4 is 34.4 Å². The number of hydrogen-bond donors (Lipinski definition) is 2. The van der Waals surface area contributed by atoms with Crippen LogP contribution in [0.2, 0.25) is 5.02 Å². The van der Waals surface area contributed by atoms with Crippen LogP contribution in [-0.2, 0) is 16.0 Å². The van der Waals surface area contributed by atoms with Crippen LogP contribution in [0.4, 0.5) is 0 Å². The monoisotopic (exact) mass is 372 g/mol. The Morgan fingerprint density at radius 3 is 2.81 bits per heavy atom. The van der Waals surface area contributed by atoms with Gasteiger partial charge in [-0.15, -0.1) is 0 Å². The normalized spacial score (nSPS) is 21.5. The average molecular weight is 373 g/mol. The van der Waals surface area contributed by atoms with Crippen LogP contribution in [0, 0.1) is 11.8 Å². The first-order valence-corrected chi connectivity index (χ1v) is 9.64. The largest absolute Gasteiger partial charge is 0.350 e. The van der Waals surface area contributed by atoms with Crippen molar-refractivity contribution in [3.8, 4) is 0 Å². The smallest absolute Gasteiger partial charge is 0.225 e. The summed E-state index contributed by atoms with van der Waals surface area (Å²) in [7, 11) is 0. The van der Waals surface area contributed by atoms with Gasteiger partial charge in [-0.1, -0.05) is 11.6 Å². The minimum atomic E-state index is -0.106. The van der Waals surface area contributed by atoms with E-state index in [-0.39, 0.29) is 23.8 Å². The van der Waals surface area contributed by atoms with Crippen molar-refractivity contribution in [2.45, 2.75) is 37.6 Å². The highest BCUT2D eigenvalue weighted by Crippen LogP contribution is 2.47. The third-order valence-electron chi connectivity index (χ3n) is 6.03. The molecule has 6 nitrogen and oxygen atoms in total. The zero-order valence-corrected chi connectivity index (χ0v) is 15.2. The van der Waals surface area contributed by atoms with Gasteiger partial charge in [0, 0.05) is 48.2 Å². The standard InChI is InChI=1S/C19H21ClN4O2/c20-14-3-6-21-17-16(14)12(8-22-17)7-15(25)23-19(4-5-19)13-9-24(10-13)18(26)11-1-2-11/h3,6,8,11,13H,1-2,4-5,7,9-10H2,(H,21,22)(H,23,25). The Morgan fingerprint density at radius 1 is 1.35 bits per heavy atom. The van der Waals surface area contributed by atoms with Gasteiger partial charge in [0.1, 0.15) is 5.65 Å². The van der Waals surface area contributed by atoms with Crippen molar-refractivity contribution in [2.75, 3.05) is 13.1 Å². The number of halogens is 1. The van der Waals surface area contributed by atoms with Crippen LogP contribution < -0.4 is 5.32 Å². The summed E-state index contributed by atoms with van der Waals surface area (Å²) in [6.07, 6.45) is 7.84. The Morgan fingerprint density at radius 2 is 2.12 bits per heavy atom. The van der Waals surface area contributed by atoms with E-state index in [0.717, 1.165) is 49.7 Å². The fourth-order valence-corrected chi connectivity index (χ4v) is 4.35. The molecule has 2 saturated carbocycles. The molecule has 0 bridgehead atoms. The van der Waals surface area contributed by atoms with E-state index in [0.29, 0.717) is 22.5 Å². The fraction of sp³-hybridized carbons (Fsp3) is 0.526. The second-order valence-electron chi connectivity index (χ2n) is 7.93. The molecular formula is C19H21ClN4O2. The van der Waals surface area contributed by atoms with Gasteiger partial charge in [0.15, 0.2) is 0 Å². The van der Waals surface area contributed by atoms with Crippen LogP contribution >= 0.6 is 11.6 Å². The molecular weight excluding hydrogens is 352 g/mol. The van der Waals surface area contributed by atoms with Crippen LogP contribution in [0.25, 0.3) is 11.0 Å². The summed E-state index contributed by atoms with van der Waals surface area (Å²) in [6.45, 7) is 1.58. The molecule has 3 aliphatic rings. The molecule has 3 fully saturated rings. The van der Waals surface area contributed by atoms with Crippen LogP contribution in [0.5, 0.6) is 0 Å². The van der Waals surface area contributed by atoms with E-state index in [1.54, 1.807) is 12.3 Å². The number of aromatic nitrogens is 2. The summed E-state index contributed by atoms with van der Waals surface area (Å²) in [5.74, 6) is 0.989. The molecule has 0 spiro atoms. The van der Waals surface area contributed by atoms with Crippen molar-refractivity contribution in [3.63, 3.8) is 0 Å². The molecule has 0 radical (unpaired) electrons. The maximum atomic E-state index is 12.6. The maximum Gasteiger partial charge on any atom is 0.225 e. The predicted octanol–water partition coefficient (Wildman–Crippen LogP) is 2.28. The zero-order chi connectivity index (χ0) is 17.9. The number of rotatable bonds is 5. The molecule has 2 aliphatic carbocycles. The molecule has 136 valence electrons. The molecule has 1 aliphatic heterocycles. The van der Waals surface area contributed by atoms with Crippen molar-refractivity contribution < 1.29 is 9.59 Å². The number of pyridine rings is 1. The van der Waals surface area contributed by atoms with Gasteiger partial charge in [-0.05, 0) is 37.3 Å². The van der Waals surface area contributed by atoms with Gasteiger partial charge >= 0.3 is 0 Å². The fourth-order valence-electron chi connectivity index (χ4n) is 4.08. The van der Waals surface area contributed by atoms with Gasteiger partial charge in [-0.25, -0.2) is 4.98 Å². The Labute approximate surface area is 156 Å². The van der Waals surface area contributed by atoms with E-state index in [2.05, 4.69) is 15.3 Å². The lowest BCUT2D eigenvalue weighted by atomic mass is 9.88. The summed E-state index contributed by atoms with van der Waals surface area (Å²) in [5, 5.41) is 4.67. The summed E-state index contributed by atoms with van der Waals surface area (Å²) < 4.78 is 0. The second kappa shape index (κ2) is 5.71. The molecule has 2 N–H and O–H groups in total. The van der Waals surface area contributed by atoms with Crippen LogP contribution in [0.1, 0.15) is 31.2 Å². The number of nitrogens with zero attached hydrogens (tertiary/aromatic N) is 2. The van der Waals surface area contributed by atoms with Crippen molar-refractivity contribution in [1.82, 2.24) is 20.2 Å². The van der Waals surface area contributed by atoms with Crippen molar-refractivity contribution in [1.29, 1.82) is 0 Å². The summed E-state index contributed by atoms with van der Waals surface area (Å²) >= 11 is 6.26. The lowest BCUT2D eigenvalue weighted by Crippen LogP contribution is -2.60. The Balaban J connectivity index is 1.22. The Hall–Kier alpha value is -2.08. The van der Waals surface area contributed by atoms with E-state index in [4.69, 9.17) is 11.6 Å². The first-order valence-electron chi connectivity index (χ1n) is 9.26. The maximum absolute atomic E-state index is 12.6. The van der Waals surface area contributed by atoms with Gasteiger partial charge in [0.25, 0.3) is 0 Å². The van der Waals surface area contributed by atoms with E-state index < -0.39 is 0 Å². The molecule has 2 amide bonds. The number of hydrogen-bond acceptors (Lipinski definition) is 3. The van der Waals surface area contributed by atoms with E-state index in [9.17, 15) is 9.59 Å². The molecule has 1 saturated heterocycles. The molecule has 2 aromatic heterocycles. The first-order chi connectivity index (χ1) is 12.6. The molecule has 7 heteroatoms. The lowest BCUT2D eigenvalue weighted by molar-refractivity contribution is -0.140. The topological polar surface area (TPSA) is 78.1 Å². The number of nitrogens with one attached hydrogen (secondary N) is 2. The number of fused-ring (bicyclic) bond motifs is 1. The average Bonchev–Trinajstić information content (AvgIpc) is 3.47. The SMILES string of the molecule is O=C(Cc1c[nH]c2nccc(Cl)c12)NC1(C2CN(C(=O)C3CC3)C2)CC1. The number of aromatic amines is 1. The van der Waals surface area contributed by atoms with Gasteiger partial charge in [-0.2, -0.15) is 0 Å². The highest BCUT2D eigenvalue weighted by Gasteiger charge is 2.55. The van der Waals surface area contributed by atoms with Crippen molar-refractivity contribution in [2.24, 2.45) is 11.8 Å². The third-order valence-corrected chi connectivity index (χ3v) is 6.35. The Bertz CT molecular complexity index is 894. The minimum absolute atomic E-state index is 0.00953. The number of carbonyl (C=O) groups excluding carboxylic acids is 2. The quantitative estimate of drug-likeness (QED) is 0.845. The number of likely N-dealkylation sites (tertiary alicyclic amines) is 1. The highest BCUT2D eigenvalue weighted by atomic mass is 35.5. The molecule has 0 unspecified atom stereocenters. The molecule has 5 rings (SSSR count). The summed E-state index contributed by atoms with van der Waals surface area (Å²) in [4.78, 5) is 34.0. The number of H-pyrrole nitrogens is 1. The van der Waals surface area contributed by atoms with Crippen LogP contribution in [-0.4, -0.2) is 45.3 Å². The Kier molecular flexibility index (Phi) is 3.54. The summed E-state index contributed by atoms with van der Waals surface area (Å²) in [6, 6.07) is 1.74. The molecule has 0 aromatic carbocycles. The van der Waals surface area contributed by atoms with E-state index in [1.165, 1.54) is 0 Å². The zero-order valence-electron chi connectivity index (χ0n) is 14.4. The van der Waals surface area contributed by atoms with Gasteiger partial charge in [-0.3, -0.25) is 9.59 Å². The van der Waals surface area contributed by atoms with E-state index >= 15 is 0 Å². The number of carbonyl (C=O) groups is 2. The molecule has 2 aromatic rings. The molecule has 0 atom stereocenters. The summed E-state index contributed by atoms with van der Waals surface area (Å²) in [5.41, 5.74) is 1.46. The van der Waals surface area contributed by atoms with Crippen LogP contribution in [0.15, 0.2) is 18.5 Å². The highest BCUT2D eigenvalue weighted by molar-refractivity contribution is 6.35. The van der Waals surface area contributed by atoms with Crippen molar-refractivity contribution in [3.05, 3.63) is 29.0 Å². The van der Waals surface area contributed by atoms with Gasteiger partial charge in [0.05, 0.1) is 11.4 Å². The molecule has 26 heavy (non-hydrogen) atoms. The predicted molar refractivity (Wildman–Crippen MR) is 97.7 cm³/mol. The minimum Gasteiger partial charge on any atom is -0.350 e. The first kappa shape index (κ1) is 16.1. The second-order valence-corrected chi connectivity index (χ2v) is 8.33. The molecule has 3 heterocycles. The van der Waals surface area contributed by atoms with Gasteiger partial charge < -0.3 is 15.2 Å². The lowest BCUT2D eigenvalue weighted by Gasteiger charge is -2.44. The van der Waals surface area contributed by atoms with Gasteiger partial charge in [0.2, 0.25) is 11.8 Å². The van der Waals surface area contributed by atoms with E-state index in [1.807, 2.05) is 11.1 Å². The van der Waals surface area contributed by atoms with Crippen LogP contribution in [0.3, 0.4) is 0 Å². The third kappa shape index (κ3) is 2.67. The number of amides is 2.